The molecule has 0 atom stereocenters. The quantitative estimate of drug-likeness (QED) is 0.197. The first-order valence-corrected chi connectivity index (χ1v) is 16.8. The molecule has 0 fully saturated rings. The first kappa shape index (κ1) is 27.5. The molecule has 2 aliphatic heterocycles. The maximum Gasteiger partial charge on any atom is 0.0583 e. The van der Waals surface area contributed by atoms with Gasteiger partial charge in [-0.1, -0.05) is 101 Å². The van der Waals surface area contributed by atoms with Crippen molar-refractivity contribution < 1.29 is 0 Å². The summed E-state index contributed by atoms with van der Waals surface area (Å²) >= 11 is 0. The Morgan fingerprint density at radius 3 is 1.98 bits per heavy atom. The summed E-state index contributed by atoms with van der Waals surface area (Å²) in [5.41, 5.74) is 17.1. The van der Waals surface area contributed by atoms with Gasteiger partial charge in [0, 0.05) is 38.5 Å². The van der Waals surface area contributed by atoms with Crippen molar-refractivity contribution in [3.63, 3.8) is 0 Å². The zero-order valence-electron chi connectivity index (χ0n) is 27.7. The number of benzene rings is 5. The van der Waals surface area contributed by atoms with Gasteiger partial charge in [0.05, 0.1) is 16.6 Å². The van der Waals surface area contributed by atoms with Gasteiger partial charge in [0.1, 0.15) is 0 Å². The molecule has 3 heterocycles. The highest BCUT2D eigenvalue weighted by molar-refractivity contribution is 5.97. The number of para-hydroxylation sites is 1. The van der Waals surface area contributed by atoms with Gasteiger partial charge in [0.25, 0.3) is 0 Å². The average molecular weight is 597 g/mol. The highest BCUT2D eigenvalue weighted by Gasteiger charge is 2.43. The summed E-state index contributed by atoms with van der Waals surface area (Å²) in [5.74, 6) is 0. The minimum absolute atomic E-state index is 0.000764. The second-order valence-electron chi connectivity index (χ2n) is 14.8. The van der Waals surface area contributed by atoms with Crippen LogP contribution in [-0.2, 0) is 10.8 Å². The van der Waals surface area contributed by atoms with E-state index in [1.54, 1.807) is 5.57 Å². The molecule has 0 saturated heterocycles. The normalized spacial score (nSPS) is 16.3. The molecule has 1 aliphatic carbocycles. The van der Waals surface area contributed by atoms with E-state index in [4.69, 9.17) is 0 Å². The lowest BCUT2D eigenvalue weighted by molar-refractivity contribution is 0.591. The molecule has 1 aromatic heterocycles. The summed E-state index contributed by atoms with van der Waals surface area (Å²) in [7, 11) is 0. The van der Waals surface area contributed by atoms with E-state index >= 15 is 0 Å². The van der Waals surface area contributed by atoms with Crippen LogP contribution in [0.5, 0.6) is 0 Å². The highest BCUT2D eigenvalue weighted by atomic mass is 15.1. The van der Waals surface area contributed by atoms with Gasteiger partial charge in [-0.05, 0) is 108 Å². The first-order chi connectivity index (χ1) is 22.1. The number of anilines is 3. The van der Waals surface area contributed by atoms with Gasteiger partial charge in [-0.3, -0.25) is 0 Å². The van der Waals surface area contributed by atoms with Gasteiger partial charge in [-0.15, -0.1) is 0 Å². The molecule has 5 aromatic carbocycles. The fourth-order valence-corrected chi connectivity index (χ4v) is 8.91. The van der Waals surface area contributed by atoms with E-state index < -0.39 is 0 Å². The third-order valence-electron chi connectivity index (χ3n) is 11.1. The fourth-order valence-electron chi connectivity index (χ4n) is 8.91. The molecule has 3 aliphatic rings. The molecule has 0 spiro atoms. The minimum atomic E-state index is -0.157. The molecule has 2 heteroatoms. The highest BCUT2D eigenvalue weighted by Crippen LogP contribution is 2.52. The number of nitrogens with zero attached hydrogens (tertiary/aromatic N) is 2. The van der Waals surface area contributed by atoms with Crippen LogP contribution < -0.4 is 15.5 Å². The van der Waals surface area contributed by atoms with Crippen LogP contribution in [0.1, 0.15) is 68.4 Å². The summed E-state index contributed by atoms with van der Waals surface area (Å²) in [6.45, 7) is 14.2. The van der Waals surface area contributed by atoms with Crippen LogP contribution in [0.4, 0.5) is 17.1 Å². The molecule has 0 unspecified atom stereocenters. The Kier molecular flexibility index (Phi) is 5.59. The van der Waals surface area contributed by atoms with Crippen molar-refractivity contribution in [1.82, 2.24) is 4.57 Å². The first-order valence-electron chi connectivity index (χ1n) is 16.8. The van der Waals surface area contributed by atoms with Gasteiger partial charge in [0.15, 0.2) is 0 Å². The van der Waals surface area contributed by atoms with Crippen LogP contribution >= 0.6 is 0 Å². The second kappa shape index (κ2) is 9.36. The minimum Gasteiger partial charge on any atom is -0.310 e. The molecule has 0 bridgehead atoms. The van der Waals surface area contributed by atoms with Gasteiger partial charge in [-0.25, -0.2) is 0 Å². The van der Waals surface area contributed by atoms with Gasteiger partial charge >= 0.3 is 0 Å². The molecular weight excluding hydrogens is 556 g/mol. The monoisotopic (exact) mass is 596 g/mol. The van der Waals surface area contributed by atoms with Gasteiger partial charge in [-0.2, -0.15) is 0 Å². The largest absolute Gasteiger partial charge is 0.310 e. The molecular formula is C44H40N2. The molecule has 0 saturated carbocycles. The number of hydrogen-bond acceptors (Lipinski definition) is 1. The van der Waals surface area contributed by atoms with Crippen LogP contribution in [0, 0.1) is 13.8 Å². The molecule has 0 radical (unpaired) electrons. The van der Waals surface area contributed by atoms with Crippen molar-refractivity contribution in [1.29, 1.82) is 0 Å². The summed E-state index contributed by atoms with van der Waals surface area (Å²) in [4.78, 5) is 2.48. The van der Waals surface area contributed by atoms with Crippen LogP contribution in [0.15, 0.2) is 103 Å². The van der Waals surface area contributed by atoms with E-state index in [1.807, 2.05) is 0 Å². The Bertz CT molecular complexity index is 2350. The Hall–Kier alpha value is -4.82. The molecule has 226 valence electrons. The summed E-state index contributed by atoms with van der Waals surface area (Å²) in [6, 6.07) is 38.7. The SMILES string of the molecule is Cc1cc(C)cc(N(c2ccc(-c3ccccc3)cc2)c2cc3c4c(c2)c2c5n4-c4c(cccc4C3(C)C)C(C)(C)C=5CCC=2)c1. The Labute approximate surface area is 272 Å². The third-order valence-corrected chi connectivity index (χ3v) is 11.1. The van der Waals surface area contributed by atoms with Crippen LogP contribution in [0.3, 0.4) is 0 Å². The summed E-state index contributed by atoms with van der Waals surface area (Å²) < 4.78 is 2.66. The zero-order chi connectivity index (χ0) is 31.5. The second-order valence-corrected chi connectivity index (χ2v) is 14.8. The van der Waals surface area contributed by atoms with Crippen LogP contribution in [0.2, 0.25) is 0 Å². The summed E-state index contributed by atoms with van der Waals surface area (Å²) in [6.07, 6.45) is 4.72. The van der Waals surface area contributed by atoms with E-state index in [0.29, 0.717) is 0 Å². The molecule has 6 aromatic rings. The predicted octanol–water partition coefficient (Wildman–Crippen LogP) is 10.0. The Balaban J connectivity index is 1.37. The topological polar surface area (TPSA) is 8.17 Å². The van der Waals surface area contributed by atoms with Crippen molar-refractivity contribution in [3.05, 3.63) is 142 Å². The molecule has 2 nitrogen and oxygen atoms in total. The van der Waals surface area contributed by atoms with E-state index in [9.17, 15) is 0 Å². The number of rotatable bonds is 4. The van der Waals surface area contributed by atoms with Crippen molar-refractivity contribution in [3.8, 4) is 16.8 Å². The average Bonchev–Trinajstić information content (AvgIpc) is 3.38. The Morgan fingerprint density at radius 1 is 0.609 bits per heavy atom. The third kappa shape index (κ3) is 3.64. The lowest BCUT2D eigenvalue weighted by Gasteiger charge is -2.42. The molecule has 0 N–H and O–H groups in total. The number of aryl methyl sites for hydroxylation is 2. The predicted molar refractivity (Wildman–Crippen MR) is 194 cm³/mol. The lowest BCUT2D eigenvalue weighted by Crippen LogP contribution is -2.45. The maximum absolute atomic E-state index is 2.66. The maximum atomic E-state index is 2.66. The van der Waals surface area contributed by atoms with Crippen molar-refractivity contribution in [2.24, 2.45) is 0 Å². The molecule has 0 amide bonds. The number of aromatic nitrogens is 1. The van der Waals surface area contributed by atoms with Gasteiger partial charge < -0.3 is 9.47 Å². The standard InChI is InChI=1S/C44H40N2/c1-27-22-28(2)24-32(23-27)45(31-20-18-30(19-21-31)29-12-8-7-9-13-29)33-25-35-34-14-10-15-36-40(34)46-41(35)39(26-33)44(5,6)38-17-11-16-37(42(38)46)43(36,3)4/h7-9,11-14,16-26H,10,15H2,1-6H3. The van der Waals surface area contributed by atoms with E-state index in [-0.39, 0.29) is 10.8 Å². The smallest absolute Gasteiger partial charge is 0.0583 e. The summed E-state index contributed by atoms with van der Waals surface area (Å²) in [5, 5.41) is 4.25. The fraction of sp³-hybridized carbons (Fsp3) is 0.227. The Morgan fingerprint density at radius 2 is 1.26 bits per heavy atom. The molecule has 46 heavy (non-hydrogen) atoms. The van der Waals surface area contributed by atoms with Crippen LogP contribution in [-0.4, -0.2) is 4.57 Å². The van der Waals surface area contributed by atoms with Crippen LogP contribution in [0.25, 0.3) is 39.4 Å². The van der Waals surface area contributed by atoms with Gasteiger partial charge in [0.2, 0.25) is 0 Å². The van der Waals surface area contributed by atoms with E-state index in [2.05, 4.69) is 160 Å². The lowest BCUT2D eigenvalue weighted by atomic mass is 9.68. The van der Waals surface area contributed by atoms with E-state index in [0.717, 1.165) is 12.8 Å². The molecule has 9 rings (SSSR count). The van der Waals surface area contributed by atoms with Crippen molar-refractivity contribution >= 4 is 39.6 Å². The van der Waals surface area contributed by atoms with E-state index in [1.165, 1.54) is 83.2 Å². The van der Waals surface area contributed by atoms with Crippen molar-refractivity contribution in [2.75, 3.05) is 4.90 Å². The zero-order valence-corrected chi connectivity index (χ0v) is 27.7. The number of fused-ring (bicyclic) bond motifs is 1. The van der Waals surface area contributed by atoms with Crippen molar-refractivity contribution in [2.45, 2.75) is 65.2 Å². The number of hydrogen-bond donors (Lipinski definition) is 0.